The Morgan fingerprint density at radius 3 is 2.52 bits per heavy atom. The van der Waals surface area contributed by atoms with Gasteiger partial charge in [-0.15, -0.1) is 0 Å². The molecule has 2 aromatic rings. The van der Waals surface area contributed by atoms with E-state index in [1.165, 1.54) is 0 Å². The lowest BCUT2D eigenvalue weighted by Gasteiger charge is -2.13. The van der Waals surface area contributed by atoms with Crippen LogP contribution in [0.25, 0.3) is 0 Å². The SMILES string of the molecule is CCC[C@@H]1NC(=O)N(CC(=O)c2cc(C)n(Cc3ccccc3)c2C)C1=O. The molecule has 3 rings (SSSR count). The molecule has 0 spiro atoms. The highest BCUT2D eigenvalue weighted by Gasteiger charge is 2.38. The summed E-state index contributed by atoms with van der Waals surface area (Å²) in [5.41, 5.74) is 3.53. The van der Waals surface area contributed by atoms with Gasteiger partial charge in [-0.1, -0.05) is 43.7 Å². The Labute approximate surface area is 159 Å². The van der Waals surface area contributed by atoms with E-state index >= 15 is 0 Å². The molecule has 6 nitrogen and oxygen atoms in total. The Kier molecular flexibility index (Phi) is 5.44. The van der Waals surface area contributed by atoms with Gasteiger partial charge in [0.25, 0.3) is 5.91 Å². The zero-order chi connectivity index (χ0) is 19.6. The van der Waals surface area contributed by atoms with Gasteiger partial charge in [-0.25, -0.2) is 4.79 Å². The van der Waals surface area contributed by atoms with E-state index in [0.29, 0.717) is 18.5 Å². The van der Waals surface area contributed by atoms with E-state index in [2.05, 4.69) is 9.88 Å². The van der Waals surface area contributed by atoms with Crippen molar-refractivity contribution in [3.8, 4) is 0 Å². The number of benzene rings is 1. The zero-order valence-corrected chi connectivity index (χ0v) is 16.0. The average Bonchev–Trinajstić information content (AvgIpc) is 3.08. The highest BCUT2D eigenvalue weighted by atomic mass is 16.2. The lowest BCUT2D eigenvalue weighted by Crippen LogP contribution is -2.36. The summed E-state index contributed by atoms with van der Waals surface area (Å²) in [6, 6.07) is 10.9. The van der Waals surface area contributed by atoms with E-state index in [0.717, 1.165) is 28.3 Å². The number of Topliss-reactive ketones (excluding diaryl/α,β-unsaturated/α-hetero) is 1. The molecule has 1 aliphatic heterocycles. The summed E-state index contributed by atoms with van der Waals surface area (Å²) in [7, 11) is 0. The zero-order valence-electron chi connectivity index (χ0n) is 16.0. The Morgan fingerprint density at radius 1 is 1.15 bits per heavy atom. The minimum Gasteiger partial charge on any atom is -0.344 e. The van der Waals surface area contributed by atoms with Crippen LogP contribution in [0.15, 0.2) is 36.4 Å². The van der Waals surface area contributed by atoms with Crippen molar-refractivity contribution in [2.24, 2.45) is 0 Å². The van der Waals surface area contributed by atoms with Crippen molar-refractivity contribution in [1.29, 1.82) is 0 Å². The number of nitrogens with one attached hydrogen (secondary N) is 1. The van der Waals surface area contributed by atoms with E-state index in [1.54, 1.807) is 0 Å². The Morgan fingerprint density at radius 2 is 1.85 bits per heavy atom. The molecule has 0 saturated carbocycles. The fraction of sp³-hybridized carbons (Fsp3) is 0.381. The van der Waals surface area contributed by atoms with Gasteiger partial charge in [-0.05, 0) is 31.9 Å². The minimum absolute atomic E-state index is 0.219. The third-order valence-corrected chi connectivity index (χ3v) is 5.04. The molecular weight excluding hydrogens is 342 g/mol. The number of nitrogens with zero attached hydrogens (tertiary/aromatic N) is 2. The second kappa shape index (κ2) is 7.78. The molecule has 27 heavy (non-hydrogen) atoms. The number of amides is 3. The lowest BCUT2D eigenvalue weighted by molar-refractivity contribution is -0.127. The van der Waals surface area contributed by atoms with Gasteiger partial charge >= 0.3 is 6.03 Å². The van der Waals surface area contributed by atoms with Crippen molar-refractivity contribution in [2.45, 2.75) is 46.2 Å². The van der Waals surface area contributed by atoms with Crippen LogP contribution in [0.4, 0.5) is 4.79 Å². The van der Waals surface area contributed by atoms with Gasteiger partial charge in [0.05, 0.1) is 6.54 Å². The van der Waals surface area contributed by atoms with Gasteiger partial charge in [-0.2, -0.15) is 0 Å². The molecular formula is C21H25N3O3. The van der Waals surface area contributed by atoms with Crippen LogP contribution in [-0.2, 0) is 11.3 Å². The molecule has 6 heteroatoms. The van der Waals surface area contributed by atoms with Crippen LogP contribution in [0.5, 0.6) is 0 Å². The third-order valence-electron chi connectivity index (χ3n) is 5.04. The Balaban J connectivity index is 1.77. The molecule has 1 aromatic heterocycles. The first-order valence-corrected chi connectivity index (χ1v) is 9.28. The van der Waals surface area contributed by atoms with Crippen molar-refractivity contribution in [1.82, 2.24) is 14.8 Å². The van der Waals surface area contributed by atoms with Crippen LogP contribution in [0.2, 0.25) is 0 Å². The van der Waals surface area contributed by atoms with Gasteiger partial charge in [0.15, 0.2) is 5.78 Å². The summed E-state index contributed by atoms with van der Waals surface area (Å²) < 4.78 is 2.08. The topological polar surface area (TPSA) is 71.4 Å². The van der Waals surface area contributed by atoms with Gasteiger partial charge < -0.3 is 9.88 Å². The van der Waals surface area contributed by atoms with Crippen LogP contribution in [0.1, 0.15) is 47.1 Å². The molecule has 3 amide bonds. The fourth-order valence-corrected chi connectivity index (χ4v) is 3.53. The Bertz CT molecular complexity index is 870. The molecule has 1 fully saturated rings. The average molecular weight is 367 g/mol. The van der Waals surface area contributed by atoms with E-state index in [1.807, 2.05) is 57.2 Å². The number of carbonyl (C=O) groups is 3. The predicted molar refractivity (Wildman–Crippen MR) is 103 cm³/mol. The molecule has 1 aliphatic rings. The van der Waals surface area contributed by atoms with Crippen molar-refractivity contribution in [3.63, 3.8) is 0 Å². The largest absolute Gasteiger partial charge is 0.344 e. The first-order chi connectivity index (χ1) is 12.9. The number of imide groups is 1. The lowest BCUT2D eigenvalue weighted by atomic mass is 10.1. The summed E-state index contributed by atoms with van der Waals surface area (Å²) in [4.78, 5) is 38.3. The van der Waals surface area contributed by atoms with Gasteiger partial charge in [0, 0.05) is 23.5 Å². The molecule has 1 saturated heterocycles. The minimum atomic E-state index is -0.513. The summed E-state index contributed by atoms with van der Waals surface area (Å²) in [6.45, 7) is 6.26. The number of ketones is 1. The van der Waals surface area contributed by atoms with E-state index < -0.39 is 12.1 Å². The van der Waals surface area contributed by atoms with E-state index in [-0.39, 0.29) is 18.2 Å². The number of aromatic nitrogens is 1. The number of aryl methyl sites for hydroxylation is 1. The second-order valence-electron chi connectivity index (χ2n) is 6.99. The number of carbonyl (C=O) groups excluding carboxylic acids is 3. The molecule has 0 unspecified atom stereocenters. The number of hydrogen-bond acceptors (Lipinski definition) is 3. The molecule has 0 aliphatic carbocycles. The highest BCUT2D eigenvalue weighted by Crippen LogP contribution is 2.19. The van der Waals surface area contributed by atoms with Gasteiger partial charge in [-0.3, -0.25) is 14.5 Å². The van der Waals surface area contributed by atoms with Crippen molar-refractivity contribution < 1.29 is 14.4 Å². The maximum absolute atomic E-state index is 12.8. The predicted octanol–water partition coefficient (Wildman–Crippen LogP) is 3.06. The summed E-state index contributed by atoms with van der Waals surface area (Å²) in [6.07, 6.45) is 1.37. The maximum atomic E-state index is 12.8. The smallest absolute Gasteiger partial charge is 0.325 e. The molecule has 0 radical (unpaired) electrons. The summed E-state index contributed by atoms with van der Waals surface area (Å²) in [5.74, 6) is -0.531. The van der Waals surface area contributed by atoms with Crippen LogP contribution in [0, 0.1) is 13.8 Å². The Hall–Kier alpha value is -2.89. The highest BCUT2D eigenvalue weighted by molar-refractivity contribution is 6.09. The standard InChI is InChI=1S/C21H25N3O3/c1-4-8-18-20(26)24(21(27)22-18)13-19(25)17-11-14(2)23(15(17)3)12-16-9-6-5-7-10-16/h5-7,9-11,18H,4,8,12-13H2,1-3H3,(H,22,27)/t18-/m0/s1. The molecule has 1 aromatic carbocycles. The monoisotopic (exact) mass is 367 g/mol. The molecule has 142 valence electrons. The van der Waals surface area contributed by atoms with E-state index in [9.17, 15) is 14.4 Å². The van der Waals surface area contributed by atoms with Gasteiger partial charge in [0.1, 0.15) is 6.04 Å². The maximum Gasteiger partial charge on any atom is 0.325 e. The fourth-order valence-electron chi connectivity index (χ4n) is 3.53. The summed E-state index contributed by atoms with van der Waals surface area (Å²) >= 11 is 0. The molecule has 2 heterocycles. The molecule has 1 N–H and O–H groups in total. The molecule has 0 bridgehead atoms. The number of hydrogen-bond donors (Lipinski definition) is 1. The third kappa shape index (κ3) is 3.79. The van der Waals surface area contributed by atoms with Crippen LogP contribution in [0.3, 0.4) is 0 Å². The van der Waals surface area contributed by atoms with Crippen LogP contribution < -0.4 is 5.32 Å². The van der Waals surface area contributed by atoms with Crippen molar-refractivity contribution >= 4 is 17.7 Å². The van der Waals surface area contributed by atoms with Crippen molar-refractivity contribution in [2.75, 3.05) is 6.54 Å². The first-order valence-electron chi connectivity index (χ1n) is 9.28. The van der Waals surface area contributed by atoms with Crippen LogP contribution >= 0.6 is 0 Å². The summed E-state index contributed by atoms with van der Waals surface area (Å²) in [5, 5.41) is 2.66. The normalized spacial score (nSPS) is 16.7. The quantitative estimate of drug-likeness (QED) is 0.604. The van der Waals surface area contributed by atoms with Crippen LogP contribution in [-0.4, -0.2) is 39.8 Å². The van der Waals surface area contributed by atoms with E-state index in [4.69, 9.17) is 0 Å². The number of urea groups is 1. The molecule has 1 atom stereocenters. The van der Waals surface area contributed by atoms with Crippen molar-refractivity contribution in [3.05, 3.63) is 58.9 Å². The number of rotatable bonds is 7. The second-order valence-corrected chi connectivity index (χ2v) is 6.99. The first kappa shape index (κ1) is 18.9. The van der Waals surface area contributed by atoms with Gasteiger partial charge in [0.2, 0.25) is 0 Å².